The molecule has 1 aromatic carbocycles. The molecule has 0 saturated carbocycles. The highest BCUT2D eigenvalue weighted by molar-refractivity contribution is 5.52. The van der Waals surface area contributed by atoms with Crippen molar-refractivity contribution < 1.29 is 9.66 Å². The molecule has 112 valence electrons. The normalized spacial score (nSPS) is 10.8. The van der Waals surface area contributed by atoms with Crippen molar-refractivity contribution in [1.29, 1.82) is 0 Å². The van der Waals surface area contributed by atoms with Crippen molar-refractivity contribution >= 4 is 5.69 Å². The maximum atomic E-state index is 11.0. The number of ether oxygens (including phenoxy) is 1. The summed E-state index contributed by atoms with van der Waals surface area (Å²) >= 11 is 0. The number of hydrogen-bond acceptors (Lipinski definition) is 6. The summed E-state index contributed by atoms with van der Waals surface area (Å²) in [6.45, 7) is 3.61. The molecule has 0 radical (unpaired) electrons. The molecule has 21 heavy (non-hydrogen) atoms. The van der Waals surface area contributed by atoms with Crippen LogP contribution < -0.4 is 5.32 Å². The summed E-state index contributed by atoms with van der Waals surface area (Å²) in [5.74, 6) is 0. The lowest BCUT2D eigenvalue weighted by Crippen LogP contribution is -2.18. The third kappa shape index (κ3) is 3.61. The topological polar surface area (TPSA) is 95.1 Å². The van der Waals surface area contributed by atoms with E-state index >= 15 is 0 Å². The van der Waals surface area contributed by atoms with Crippen LogP contribution in [0, 0.1) is 17.0 Å². The predicted octanol–water partition coefficient (Wildman–Crippen LogP) is 1.22. The van der Waals surface area contributed by atoms with Crippen LogP contribution in [-0.4, -0.2) is 40.2 Å². The SMILES string of the molecule is COCCNCc1cn(-c2cccc([N+](=O)[O-])c2C)nn1. The summed E-state index contributed by atoms with van der Waals surface area (Å²) in [5, 5.41) is 22.2. The molecule has 0 amide bonds. The number of nitrogens with one attached hydrogen (secondary N) is 1. The lowest BCUT2D eigenvalue weighted by Gasteiger charge is -2.04. The fourth-order valence-electron chi connectivity index (χ4n) is 1.95. The zero-order chi connectivity index (χ0) is 15.2. The van der Waals surface area contributed by atoms with Crippen molar-refractivity contribution in [3.05, 3.63) is 45.8 Å². The van der Waals surface area contributed by atoms with Gasteiger partial charge in [-0.3, -0.25) is 10.1 Å². The number of methoxy groups -OCH3 is 1. The average molecular weight is 291 g/mol. The Morgan fingerprint density at radius 3 is 3.00 bits per heavy atom. The van der Waals surface area contributed by atoms with Gasteiger partial charge in [-0.1, -0.05) is 11.3 Å². The van der Waals surface area contributed by atoms with Gasteiger partial charge in [0.15, 0.2) is 0 Å². The van der Waals surface area contributed by atoms with Crippen molar-refractivity contribution in [2.75, 3.05) is 20.3 Å². The number of rotatable bonds is 7. The second kappa shape index (κ2) is 6.91. The first-order valence-corrected chi connectivity index (χ1v) is 6.48. The summed E-state index contributed by atoms with van der Waals surface area (Å²) in [6, 6.07) is 4.89. The van der Waals surface area contributed by atoms with Crippen LogP contribution in [0.4, 0.5) is 5.69 Å². The minimum absolute atomic E-state index is 0.0720. The summed E-state index contributed by atoms with van der Waals surface area (Å²) in [6.07, 6.45) is 1.76. The average Bonchev–Trinajstić information content (AvgIpc) is 2.92. The Bertz CT molecular complexity index is 626. The Labute approximate surface area is 121 Å². The number of aromatic nitrogens is 3. The Balaban J connectivity index is 2.14. The van der Waals surface area contributed by atoms with E-state index in [1.807, 2.05) is 0 Å². The van der Waals surface area contributed by atoms with Crippen LogP contribution >= 0.6 is 0 Å². The van der Waals surface area contributed by atoms with Gasteiger partial charge in [-0.15, -0.1) is 5.10 Å². The van der Waals surface area contributed by atoms with Crippen LogP contribution in [0.25, 0.3) is 5.69 Å². The number of nitro groups is 1. The number of benzene rings is 1. The van der Waals surface area contributed by atoms with E-state index in [0.717, 1.165) is 12.2 Å². The van der Waals surface area contributed by atoms with Gasteiger partial charge in [0.25, 0.3) is 5.69 Å². The molecular formula is C13H17N5O3. The molecule has 0 fully saturated rings. The van der Waals surface area contributed by atoms with E-state index in [1.165, 1.54) is 6.07 Å². The maximum Gasteiger partial charge on any atom is 0.274 e. The minimum Gasteiger partial charge on any atom is -0.383 e. The molecule has 1 N–H and O–H groups in total. The van der Waals surface area contributed by atoms with Crippen LogP contribution in [0.3, 0.4) is 0 Å². The molecule has 1 heterocycles. The van der Waals surface area contributed by atoms with Crippen molar-refractivity contribution in [3.8, 4) is 5.69 Å². The molecule has 0 aliphatic heterocycles. The van der Waals surface area contributed by atoms with Gasteiger partial charge in [-0.2, -0.15) is 0 Å². The van der Waals surface area contributed by atoms with E-state index in [0.29, 0.717) is 24.4 Å². The monoisotopic (exact) mass is 291 g/mol. The van der Waals surface area contributed by atoms with Gasteiger partial charge in [0, 0.05) is 26.3 Å². The molecule has 0 aliphatic rings. The lowest BCUT2D eigenvalue weighted by atomic mass is 10.1. The van der Waals surface area contributed by atoms with Crippen LogP contribution in [0.1, 0.15) is 11.3 Å². The van der Waals surface area contributed by atoms with E-state index in [1.54, 1.807) is 37.0 Å². The zero-order valence-corrected chi connectivity index (χ0v) is 11.9. The summed E-state index contributed by atoms with van der Waals surface area (Å²) in [7, 11) is 1.64. The van der Waals surface area contributed by atoms with Crippen molar-refractivity contribution in [3.63, 3.8) is 0 Å². The zero-order valence-electron chi connectivity index (χ0n) is 11.9. The molecule has 0 unspecified atom stereocenters. The van der Waals surface area contributed by atoms with E-state index in [-0.39, 0.29) is 5.69 Å². The summed E-state index contributed by atoms with van der Waals surface area (Å²) in [5.41, 5.74) is 2.05. The molecule has 0 bridgehead atoms. The van der Waals surface area contributed by atoms with E-state index < -0.39 is 4.92 Å². The Morgan fingerprint density at radius 1 is 1.48 bits per heavy atom. The maximum absolute atomic E-state index is 11.0. The second-order valence-corrected chi connectivity index (χ2v) is 4.50. The highest BCUT2D eigenvalue weighted by Crippen LogP contribution is 2.23. The molecule has 8 nitrogen and oxygen atoms in total. The van der Waals surface area contributed by atoms with Crippen molar-refractivity contribution in [1.82, 2.24) is 20.3 Å². The largest absolute Gasteiger partial charge is 0.383 e. The molecule has 0 atom stereocenters. The van der Waals surface area contributed by atoms with Gasteiger partial charge >= 0.3 is 0 Å². The fourth-order valence-corrected chi connectivity index (χ4v) is 1.95. The molecule has 0 aliphatic carbocycles. The lowest BCUT2D eigenvalue weighted by molar-refractivity contribution is -0.385. The van der Waals surface area contributed by atoms with Crippen molar-refractivity contribution in [2.24, 2.45) is 0 Å². The first-order chi connectivity index (χ1) is 10.1. The first kappa shape index (κ1) is 15.1. The molecule has 0 saturated heterocycles. The molecule has 2 aromatic rings. The molecule has 2 rings (SSSR count). The molecular weight excluding hydrogens is 274 g/mol. The Morgan fingerprint density at radius 2 is 2.29 bits per heavy atom. The standard InChI is InChI=1S/C13H17N5O3/c1-10-12(4-3-5-13(10)18(19)20)17-9-11(15-16-17)8-14-6-7-21-2/h3-5,9,14H,6-8H2,1-2H3. The molecule has 8 heteroatoms. The van der Waals surface area contributed by atoms with Gasteiger partial charge < -0.3 is 10.1 Å². The summed E-state index contributed by atoms with van der Waals surface area (Å²) in [4.78, 5) is 10.6. The third-order valence-corrected chi connectivity index (χ3v) is 3.05. The van der Waals surface area contributed by atoms with E-state index in [2.05, 4.69) is 15.6 Å². The highest BCUT2D eigenvalue weighted by atomic mass is 16.6. The Hall–Kier alpha value is -2.32. The predicted molar refractivity (Wildman–Crippen MR) is 76.3 cm³/mol. The third-order valence-electron chi connectivity index (χ3n) is 3.05. The fraction of sp³-hybridized carbons (Fsp3) is 0.385. The molecule has 0 spiro atoms. The highest BCUT2D eigenvalue weighted by Gasteiger charge is 2.15. The van der Waals surface area contributed by atoms with Gasteiger partial charge in [0.2, 0.25) is 0 Å². The van der Waals surface area contributed by atoms with Gasteiger partial charge in [0.05, 0.1) is 34.7 Å². The number of nitro benzene ring substituents is 1. The van der Waals surface area contributed by atoms with Crippen LogP contribution in [0.2, 0.25) is 0 Å². The number of nitrogens with zero attached hydrogens (tertiary/aromatic N) is 4. The van der Waals surface area contributed by atoms with Gasteiger partial charge in [-0.25, -0.2) is 4.68 Å². The first-order valence-electron chi connectivity index (χ1n) is 6.48. The quantitative estimate of drug-likeness (QED) is 0.468. The smallest absolute Gasteiger partial charge is 0.274 e. The van der Waals surface area contributed by atoms with Gasteiger partial charge in [-0.05, 0) is 13.0 Å². The second-order valence-electron chi connectivity index (χ2n) is 4.50. The van der Waals surface area contributed by atoms with Gasteiger partial charge in [0.1, 0.15) is 0 Å². The van der Waals surface area contributed by atoms with Crippen LogP contribution in [0.5, 0.6) is 0 Å². The minimum atomic E-state index is -0.400. The van der Waals surface area contributed by atoms with Crippen LogP contribution in [0.15, 0.2) is 24.4 Å². The number of hydrogen-bond donors (Lipinski definition) is 1. The Kier molecular flexibility index (Phi) is 4.96. The van der Waals surface area contributed by atoms with E-state index in [4.69, 9.17) is 4.74 Å². The molecule has 1 aromatic heterocycles. The van der Waals surface area contributed by atoms with Crippen molar-refractivity contribution in [2.45, 2.75) is 13.5 Å². The van der Waals surface area contributed by atoms with E-state index in [9.17, 15) is 10.1 Å². The summed E-state index contributed by atoms with van der Waals surface area (Å²) < 4.78 is 6.49. The van der Waals surface area contributed by atoms with Crippen LogP contribution in [-0.2, 0) is 11.3 Å².